The highest BCUT2D eigenvalue weighted by Crippen LogP contribution is 2.29. The van der Waals surface area contributed by atoms with E-state index in [0.717, 1.165) is 50.9 Å². The molecule has 3 rings (SSSR count). The van der Waals surface area contributed by atoms with Crippen LogP contribution in [0.1, 0.15) is 31.9 Å². The van der Waals surface area contributed by atoms with Crippen LogP contribution < -0.4 is 5.32 Å². The van der Waals surface area contributed by atoms with Gasteiger partial charge in [-0.05, 0) is 29.5 Å². The van der Waals surface area contributed by atoms with Crippen molar-refractivity contribution in [3.63, 3.8) is 0 Å². The zero-order valence-corrected chi connectivity index (χ0v) is 18.9. The number of likely N-dealkylation sites (tertiary alicyclic amines) is 1. The first-order chi connectivity index (χ1) is 12.5. The van der Waals surface area contributed by atoms with Gasteiger partial charge in [0.25, 0.3) is 0 Å². The van der Waals surface area contributed by atoms with Crippen LogP contribution in [-0.2, 0) is 4.74 Å². The highest BCUT2D eigenvalue weighted by atomic mass is 127. The first-order valence-corrected chi connectivity index (χ1v) is 9.51. The van der Waals surface area contributed by atoms with E-state index >= 15 is 0 Å². The zero-order valence-electron chi connectivity index (χ0n) is 16.6. The van der Waals surface area contributed by atoms with Crippen molar-refractivity contribution in [2.45, 2.75) is 26.3 Å². The fourth-order valence-corrected chi connectivity index (χ4v) is 3.87. The van der Waals surface area contributed by atoms with Crippen LogP contribution in [0.25, 0.3) is 0 Å². The van der Waals surface area contributed by atoms with Crippen LogP contribution in [0.3, 0.4) is 0 Å². The van der Waals surface area contributed by atoms with E-state index in [1.54, 1.807) is 12.1 Å². The third-order valence-corrected chi connectivity index (χ3v) is 5.36. The second-order valence-electron chi connectivity index (χ2n) is 7.98. The number of aliphatic imine (C=N–C) groups is 1. The van der Waals surface area contributed by atoms with E-state index in [1.807, 2.05) is 13.1 Å². The molecule has 0 aromatic heterocycles. The van der Waals surface area contributed by atoms with E-state index < -0.39 is 0 Å². The number of hydrogen-bond acceptors (Lipinski definition) is 3. The summed E-state index contributed by atoms with van der Waals surface area (Å²) < 4.78 is 19.3. The van der Waals surface area contributed by atoms with Gasteiger partial charge >= 0.3 is 0 Å². The van der Waals surface area contributed by atoms with E-state index in [4.69, 9.17) is 4.74 Å². The third-order valence-electron chi connectivity index (χ3n) is 5.36. The molecule has 0 aliphatic carbocycles. The molecule has 5 nitrogen and oxygen atoms in total. The number of benzene rings is 1. The van der Waals surface area contributed by atoms with Crippen LogP contribution >= 0.6 is 24.0 Å². The summed E-state index contributed by atoms with van der Waals surface area (Å²) in [5.41, 5.74) is 1.32. The smallest absolute Gasteiger partial charge is 0.193 e. The van der Waals surface area contributed by atoms with Crippen LogP contribution in [0.5, 0.6) is 0 Å². The Morgan fingerprint density at radius 2 is 2.04 bits per heavy atom. The van der Waals surface area contributed by atoms with E-state index in [-0.39, 0.29) is 35.8 Å². The van der Waals surface area contributed by atoms with E-state index in [1.165, 1.54) is 12.5 Å². The number of nitrogens with zero attached hydrogens (tertiary/aromatic N) is 3. The molecule has 0 bridgehead atoms. The Bertz CT molecular complexity index is 634. The molecule has 27 heavy (non-hydrogen) atoms. The summed E-state index contributed by atoms with van der Waals surface area (Å²) >= 11 is 0. The van der Waals surface area contributed by atoms with Crippen molar-refractivity contribution in [1.29, 1.82) is 0 Å². The summed E-state index contributed by atoms with van der Waals surface area (Å²) in [5.74, 6) is 0.747. The average molecular weight is 490 g/mol. The van der Waals surface area contributed by atoms with Crippen molar-refractivity contribution in [3.8, 4) is 0 Å². The summed E-state index contributed by atoms with van der Waals surface area (Å²) in [6.07, 6.45) is 1.17. The van der Waals surface area contributed by atoms with Gasteiger partial charge in [0.05, 0.1) is 19.3 Å². The van der Waals surface area contributed by atoms with Crippen molar-refractivity contribution < 1.29 is 9.13 Å². The predicted octanol–water partition coefficient (Wildman–Crippen LogP) is 3.12. The van der Waals surface area contributed by atoms with Crippen LogP contribution in [0.2, 0.25) is 0 Å². The lowest BCUT2D eigenvalue weighted by molar-refractivity contribution is 0.0168. The number of guanidine groups is 1. The van der Waals surface area contributed by atoms with Gasteiger partial charge in [0, 0.05) is 39.8 Å². The molecule has 2 fully saturated rings. The number of morpholine rings is 1. The number of rotatable bonds is 4. The van der Waals surface area contributed by atoms with Gasteiger partial charge in [-0.15, -0.1) is 24.0 Å². The SMILES string of the molecule is CN=C(NCC(c1cccc(F)c1)N1CCOCC1)N1CCC(C)(C)C1.I. The minimum absolute atomic E-state index is 0. The Hall–Kier alpha value is -0.930. The molecule has 1 aromatic carbocycles. The normalized spacial score (nSPS) is 21.6. The van der Waals surface area contributed by atoms with Crippen LogP contribution in [0.15, 0.2) is 29.3 Å². The minimum atomic E-state index is -0.188. The largest absolute Gasteiger partial charge is 0.379 e. The van der Waals surface area contributed by atoms with Crippen molar-refractivity contribution >= 4 is 29.9 Å². The molecule has 2 saturated heterocycles. The average Bonchev–Trinajstić information content (AvgIpc) is 2.99. The van der Waals surface area contributed by atoms with Gasteiger partial charge in [-0.1, -0.05) is 26.0 Å². The Balaban J connectivity index is 0.00000261. The topological polar surface area (TPSA) is 40.1 Å². The monoisotopic (exact) mass is 490 g/mol. The van der Waals surface area contributed by atoms with Crippen molar-refractivity contribution in [3.05, 3.63) is 35.6 Å². The van der Waals surface area contributed by atoms with E-state index in [9.17, 15) is 4.39 Å². The summed E-state index contributed by atoms with van der Waals surface area (Å²) in [4.78, 5) is 9.17. The van der Waals surface area contributed by atoms with Gasteiger partial charge in [0.2, 0.25) is 0 Å². The number of hydrogen-bond donors (Lipinski definition) is 1. The Labute approximate surface area is 179 Å². The fourth-order valence-electron chi connectivity index (χ4n) is 3.87. The first-order valence-electron chi connectivity index (χ1n) is 9.51. The van der Waals surface area contributed by atoms with E-state index in [2.05, 4.69) is 34.0 Å². The molecular weight excluding hydrogens is 458 g/mol. The maximum atomic E-state index is 13.8. The Morgan fingerprint density at radius 3 is 2.63 bits per heavy atom. The molecular formula is C20H32FIN4O. The van der Waals surface area contributed by atoms with Gasteiger partial charge in [-0.25, -0.2) is 4.39 Å². The highest BCUT2D eigenvalue weighted by molar-refractivity contribution is 14.0. The molecule has 0 spiro atoms. The van der Waals surface area contributed by atoms with Crippen LogP contribution in [0, 0.1) is 11.2 Å². The molecule has 1 atom stereocenters. The summed E-state index contributed by atoms with van der Waals surface area (Å²) in [6, 6.07) is 7.03. The Kier molecular flexibility index (Phi) is 8.30. The molecule has 2 aliphatic rings. The van der Waals surface area contributed by atoms with Crippen molar-refractivity contribution in [2.75, 3.05) is 53.0 Å². The standard InChI is InChI=1S/C20H31FN4O.HI/c1-20(2)7-8-25(15-20)19(22-3)23-14-18(24-9-11-26-12-10-24)16-5-4-6-17(21)13-16;/h4-6,13,18H,7-12,14-15H2,1-3H3,(H,22,23);1H. The lowest BCUT2D eigenvalue weighted by Crippen LogP contribution is -2.47. The predicted molar refractivity (Wildman–Crippen MR) is 118 cm³/mol. The summed E-state index contributed by atoms with van der Waals surface area (Å²) in [7, 11) is 1.83. The highest BCUT2D eigenvalue weighted by Gasteiger charge is 2.31. The summed E-state index contributed by atoms with van der Waals surface area (Å²) in [6.45, 7) is 10.5. The molecule has 7 heteroatoms. The maximum Gasteiger partial charge on any atom is 0.193 e. The minimum Gasteiger partial charge on any atom is -0.379 e. The number of halogens is 2. The second kappa shape index (κ2) is 10.0. The molecule has 1 N–H and O–H groups in total. The Morgan fingerprint density at radius 1 is 1.30 bits per heavy atom. The molecule has 1 unspecified atom stereocenters. The van der Waals surface area contributed by atoms with Gasteiger partial charge in [0.1, 0.15) is 5.82 Å². The summed E-state index contributed by atoms with van der Waals surface area (Å²) in [5, 5.41) is 3.54. The third kappa shape index (κ3) is 6.02. The molecule has 0 amide bonds. The van der Waals surface area contributed by atoms with Crippen molar-refractivity contribution in [2.24, 2.45) is 10.4 Å². The number of ether oxygens (including phenoxy) is 1. The first kappa shape index (κ1) is 22.4. The van der Waals surface area contributed by atoms with Gasteiger partial charge in [-0.2, -0.15) is 0 Å². The molecule has 152 valence electrons. The molecule has 0 radical (unpaired) electrons. The second-order valence-corrected chi connectivity index (χ2v) is 7.98. The van der Waals surface area contributed by atoms with Gasteiger partial charge in [0.15, 0.2) is 5.96 Å². The molecule has 2 heterocycles. The van der Waals surface area contributed by atoms with Crippen molar-refractivity contribution in [1.82, 2.24) is 15.1 Å². The fraction of sp³-hybridized carbons (Fsp3) is 0.650. The van der Waals surface area contributed by atoms with Gasteiger partial charge < -0.3 is 15.0 Å². The molecule has 0 saturated carbocycles. The molecule has 1 aromatic rings. The lowest BCUT2D eigenvalue weighted by atomic mass is 9.93. The number of nitrogens with one attached hydrogen (secondary N) is 1. The maximum absolute atomic E-state index is 13.8. The van der Waals surface area contributed by atoms with Crippen LogP contribution in [-0.4, -0.2) is 68.7 Å². The van der Waals surface area contributed by atoms with Gasteiger partial charge in [-0.3, -0.25) is 9.89 Å². The quantitative estimate of drug-likeness (QED) is 0.400. The lowest BCUT2D eigenvalue weighted by Gasteiger charge is -2.35. The van der Waals surface area contributed by atoms with Crippen LogP contribution in [0.4, 0.5) is 4.39 Å². The molecule has 2 aliphatic heterocycles. The van der Waals surface area contributed by atoms with E-state index in [0.29, 0.717) is 12.0 Å². The zero-order chi connectivity index (χ0) is 18.6.